The van der Waals surface area contributed by atoms with Crippen molar-refractivity contribution in [3.8, 4) is 5.75 Å². The van der Waals surface area contributed by atoms with E-state index in [-0.39, 0.29) is 6.04 Å². The lowest BCUT2D eigenvalue weighted by Crippen LogP contribution is -2.37. The van der Waals surface area contributed by atoms with Gasteiger partial charge in [-0.15, -0.1) is 0 Å². The van der Waals surface area contributed by atoms with Crippen molar-refractivity contribution in [3.05, 3.63) is 29.8 Å². The quantitative estimate of drug-likeness (QED) is 0.809. The molecule has 0 amide bonds. The lowest BCUT2D eigenvalue weighted by molar-refractivity contribution is 0.0638. The number of nitrogens with zero attached hydrogens (tertiary/aromatic N) is 1. The minimum absolute atomic E-state index is 0.123. The number of rotatable bonds is 7. The van der Waals surface area contributed by atoms with Crippen molar-refractivity contribution in [2.24, 2.45) is 0 Å². The molecule has 3 heteroatoms. The Bertz CT molecular complexity index is 333. The average Bonchev–Trinajstić information content (AvgIpc) is 2.40. The molecule has 2 atom stereocenters. The van der Waals surface area contributed by atoms with Gasteiger partial charge in [0.25, 0.3) is 0 Å². The first kappa shape index (κ1) is 15.0. The van der Waals surface area contributed by atoms with Crippen LogP contribution in [-0.2, 0) is 0 Å². The zero-order chi connectivity index (χ0) is 13.5. The summed E-state index contributed by atoms with van der Waals surface area (Å²) in [6.45, 7) is 10.8. The van der Waals surface area contributed by atoms with Crippen molar-refractivity contribution in [2.75, 3.05) is 19.7 Å². The van der Waals surface area contributed by atoms with Crippen LogP contribution >= 0.6 is 0 Å². The Balaban J connectivity index is 2.73. The standard InChI is InChI=1S/C15H25NO2/c1-5-16(6-2)12(4)15(17)13-8-10-14(11-9-13)18-7-3/h8-12,15,17H,5-7H2,1-4H3/t12-,15+/m1/s1. The molecule has 0 bridgehead atoms. The molecule has 0 spiro atoms. The highest BCUT2D eigenvalue weighted by molar-refractivity contribution is 5.29. The normalized spacial score (nSPS) is 14.6. The van der Waals surface area contributed by atoms with Gasteiger partial charge in [-0.1, -0.05) is 26.0 Å². The number of benzene rings is 1. The fourth-order valence-electron chi connectivity index (χ4n) is 2.21. The Morgan fingerprint density at radius 1 is 1.11 bits per heavy atom. The lowest BCUT2D eigenvalue weighted by atomic mass is 10.0. The van der Waals surface area contributed by atoms with E-state index in [4.69, 9.17) is 4.74 Å². The number of likely N-dealkylation sites (N-methyl/N-ethyl adjacent to an activating group) is 1. The molecule has 0 saturated heterocycles. The second-order valence-electron chi connectivity index (χ2n) is 4.41. The smallest absolute Gasteiger partial charge is 0.119 e. The molecule has 0 saturated carbocycles. The SMILES string of the molecule is CCOc1ccc([C@@H](O)[C@@H](C)N(CC)CC)cc1. The van der Waals surface area contributed by atoms with E-state index in [1.54, 1.807) is 0 Å². The second kappa shape index (κ2) is 7.39. The molecular weight excluding hydrogens is 226 g/mol. The van der Waals surface area contributed by atoms with Crippen LogP contribution in [0.5, 0.6) is 5.75 Å². The van der Waals surface area contributed by atoms with Gasteiger partial charge < -0.3 is 9.84 Å². The van der Waals surface area contributed by atoms with Crippen molar-refractivity contribution in [1.29, 1.82) is 0 Å². The maximum Gasteiger partial charge on any atom is 0.119 e. The lowest BCUT2D eigenvalue weighted by Gasteiger charge is -2.30. The predicted octanol–water partition coefficient (Wildman–Crippen LogP) is 2.85. The molecule has 1 N–H and O–H groups in total. The van der Waals surface area contributed by atoms with Crippen molar-refractivity contribution < 1.29 is 9.84 Å². The molecule has 0 aliphatic heterocycles. The molecule has 0 heterocycles. The highest BCUT2D eigenvalue weighted by atomic mass is 16.5. The third-order valence-electron chi connectivity index (χ3n) is 3.38. The molecule has 18 heavy (non-hydrogen) atoms. The molecule has 0 radical (unpaired) electrons. The van der Waals surface area contributed by atoms with Gasteiger partial charge in [-0.25, -0.2) is 0 Å². The largest absolute Gasteiger partial charge is 0.494 e. The van der Waals surface area contributed by atoms with E-state index in [0.29, 0.717) is 6.61 Å². The number of hydrogen-bond donors (Lipinski definition) is 1. The molecule has 3 nitrogen and oxygen atoms in total. The maximum atomic E-state index is 10.4. The minimum atomic E-state index is -0.458. The van der Waals surface area contributed by atoms with Crippen LogP contribution in [0.2, 0.25) is 0 Å². The Kier molecular flexibility index (Phi) is 6.16. The van der Waals surface area contributed by atoms with E-state index >= 15 is 0 Å². The van der Waals surface area contributed by atoms with E-state index in [1.807, 2.05) is 31.2 Å². The topological polar surface area (TPSA) is 32.7 Å². The van der Waals surface area contributed by atoms with Crippen LogP contribution in [0.4, 0.5) is 0 Å². The zero-order valence-corrected chi connectivity index (χ0v) is 11.9. The van der Waals surface area contributed by atoms with E-state index in [0.717, 1.165) is 24.4 Å². The Labute approximate surface area is 110 Å². The van der Waals surface area contributed by atoms with Crippen molar-refractivity contribution in [1.82, 2.24) is 4.90 Å². The van der Waals surface area contributed by atoms with Crippen LogP contribution in [0.25, 0.3) is 0 Å². The van der Waals surface area contributed by atoms with E-state index in [9.17, 15) is 5.11 Å². The number of aliphatic hydroxyl groups is 1. The number of aliphatic hydroxyl groups excluding tert-OH is 1. The van der Waals surface area contributed by atoms with Gasteiger partial charge in [0.2, 0.25) is 0 Å². The summed E-state index contributed by atoms with van der Waals surface area (Å²) in [6, 6.07) is 7.83. The molecular formula is C15H25NO2. The van der Waals surface area contributed by atoms with E-state index in [1.165, 1.54) is 0 Å². The Morgan fingerprint density at radius 3 is 2.11 bits per heavy atom. The van der Waals surface area contributed by atoms with E-state index in [2.05, 4.69) is 25.7 Å². The van der Waals surface area contributed by atoms with Crippen LogP contribution in [0.1, 0.15) is 39.4 Å². The van der Waals surface area contributed by atoms with Gasteiger partial charge in [-0.3, -0.25) is 4.90 Å². The molecule has 0 fully saturated rings. The summed E-state index contributed by atoms with van der Waals surface area (Å²) in [4.78, 5) is 2.25. The van der Waals surface area contributed by atoms with Crippen molar-refractivity contribution >= 4 is 0 Å². The van der Waals surface area contributed by atoms with Crippen LogP contribution in [0.15, 0.2) is 24.3 Å². The predicted molar refractivity (Wildman–Crippen MR) is 75.0 cm³/mol. The summed E-state index contributed by atoms with van der Waals surface area (Å²) < 4.78 is 5.40. The van der Waals surface area contributed by atoms with Crippen molar-refractivity contribution in [2.45, 2.75) is 39.8 Å². The Hall–Kier alpha value is -1.06. The van der Waals surface area contributed by atoms with Gasteiger partial charge in [0.1, 0.15) is 5.75 Å². The fraction of sp³-hybridized carbons (Fsp3) is 0.600. The summed E-state index contributed by atoms with van der Waals surface area (Å²) in [7, 11) is 0. The first-order valence-corrected chi connectivity index (χ1v) is 6.78. The molecule has 1 aromatic carbocycles. The zero-order valence-electron chi connectivity index (χ0n) is 11.9. The summed E-state index contributed by atoms with van der Waals surface area (Å²) >= 11 is 0. The Morgan fingerprint density at radius 2 is 1.67 bits per heavy atom. The molecule has 0 aliphatic rings. The summed E-state index contributed by atoms with van der Waals surface area (Å²) in [6.07, 6.45) is -0.458. The third-order valence-corrected chi connectivity index (χ3v) is 3.38. The highest BCUT2D eigenvalue weighted by Crippen LogP contribution is 2.23. The summed E-state index contributed by atoms with van der Waals surface area (Å²) in [5.41, 5.74) is 0.942. The molecule has 1 aromatic rings. The molecule has 102 valence electrons. The maximum absolute atomic E-state index is 10.4. The van der Waals surface area contributed by atoms with Gasteiger partial charge in [0.15, 0.2) is 0 Å². The summed E-state index contributed by atoms with van der Waals surface area (Å²) in [5, 5.41) is 10.4. The van der Waals surface area contributed by atoms with Gasteiger partial charge in [-0.05, 0) is 44.6 Å². The summed E-state index contributed by atoms with van der Waals surface area (Å²) in [5.74, 6) is 0.851. The first-order valence-electron chi connectivity index (χ1n) is 6.78. The average molecular weight is 251 g/mol. The second-order valence-corrected chi connectivity index (χ2v) is 4.41. The highest BCUT2D eigenvalue weighted by Gasteiger charge is 2.20. The van der Waals surface area contributed by atoms with E-state index < -0.39 is 6.10 Å². The van der Waals surface area contributed by atoms with Crippen LogP contribution in [0, 0.1) is 0 Å². The van der Waals surface area contributed by atoms with Gasteiger partial charge >= 0.3 is 0 Å². The van der Waals surface area contributed by atoms with Gasteiger partial charge in [0.05, 0.1) is 12.7 Å². The minimum Gasteiger partial charge on any atom is -0.494 e. The van der Waals surface area contributed by atoms with Crippen molar-refractivity contribution in [3.63, 3.8) is 0 Å². The van der Waals surface area contributed by atoms with Crippen LogP contribution in [-0.4, -0.2) is 35.7 Å². The van der Waals surface area contributed by atoms with Crippen LogP contribution < -0.4 is 4.74 Å². The third kappa shape index (κ3) is 3.72. The fourth-order valence-corrected chi connectivity index (χ4v) is 2.21. The molecule has 0 aliphatic carbocycles. The van der Waals surface area contributed by atoms with Gasteiger partial charge in [0, 0.05) is 6.04 Å². The molecule has 0 unspecified atom stereocenters. The number of ether oxygens (including phenoxy) is 1. The van der Waals surface area contributed by atoms with Crippen LogP contribution in [0.3, 0.4) is 0 Å². The monoisotopic (exact) mass is 251 g/mol. The first-order chi connectivity index (χ1) is 8.63. The molecule has 0 aromatic heterocycles. The molecule has 1 rings (SSSR count). The number of hydrogen-bond acceptors (Lipinski definition) is 3. The van der Waals surface area contributed by atoms with Gasteiger partial charge in [-0.2, -0.15) is 0 Å².